The first-order valence-corrected chi connectivity index (χ1v) is 4.41. The van der Waals surface area contributed by atoms with Crippen molar-refractivity contribution in [2.75, 3.05) is 6.54 Å². The van der Waals surface area contributed by atoms with Crippen molar-refractivity contribution >= 4 is 0 Å². The Morgan fingerprint density at radius 3 is 2.36 bits per heavy atom. The van der Waals surface area contributed by atoms with E-state index in [1.165, 1.54) is 17.7 Å². The molecule has 1 rings (SSSR count). The molecule has 11 heavy (non-hydrogen) atoms. The first-order chi connectivity index (χ1) is 5.34. The molecule has 0 saturated carbocycles. The van der Waals surface area contributed by atoms with E-state index in [0.717, 1.165) is 6.54 Å². The van der Waals surface area contributed by atoms with Crippen LogP contribution in [0.1, 0.15) is 34.1 Å². The smallest absolute Gasteiger partial charge is 0.0326 e. The molecule has 1 N–H and O–H groups in total. The molecule has 0 fully saturated rings. The number of nitrogens with one attached hydrogen (secondary N) is 1. The fourth-order valence-corrected chi connectivity index (χ4v) is 1.04. The molecule has 0 aromatic rings. The molecule has 0 aromatic carbocycles. The molecular weight excluding hydrogens is 134 g/mol. The second-order valence-electron chi connectivity index (χ2n) is 2.37. The highest BCUT2D eigenvalue weighted by molar-refractivity contribution is 5.26. The summed E-state index contributed by atoms with van der Waals surface area (Å²) >= 11 is 0. The molecule has 0 amide bonds. The summed E-state index contributed by atoms with van der Waals surface area (Å²) in [5, 5.41) is 3.30. The maximum absolute atomic E-state index is 3.30. The SMILES string of the molecule is C/C=C\C1=C(C)CCN1.CC. The summed E-state index contributed by atoms with van der Waals surface area (Å²) in [4.78, 5) is 0. The minimum Gasteiger partial charge on any atom is -0.385 e. The predicted octanol–water partition coefficient (Wildman–Crippen LogP) is 2.86. The standard InChI is InChI=1S/C8H13N.C2H6/c1-3-4-8-7(2)5-6-9-8;1-2/h3-4,9H,5-6H2,1-2H3;1-2H3/b4-3-;. The van der Waals surface area contributed by atoms with E-state index in [2.05, 4.69) is 24.4 Å². The monoisotopic (exact) mass is 153 g/mol. The number of rotatable bonds is 1. The highest BCUT2D eigenvalue weighted by Gasteiger charge is 2.04. The Hall–Kier alpha value is -0.720. The van der Waals surface area contributed by atoms with E-state index < -0.39 is 0 Å². The van der Waals surface area contributed by atoms with Gasteiger partial charge in [-0.05, 0) is 31.9 Å². The van der Waals surface area contributed by atoms with Gasteiger partial charge in [-0.25, -0.2) is 0 Å². The zero-order chi connectivity index (χ0) is 8.69. The molecule has 1 nitrogen and oxygen atoms in total. The molecule has 0 saturated heterocycles. The van der Waals surface area contributed by atoms with Gasteiger partial charge >= 0.3 is 0 Å². The highest BCUT2D eigenvalue weighted by atomic mass is 14.9. The molecular formula is C10H19N. The third-order valence-corrected chi connectivity index (χ3v) is 1.61. The van der Waals surface area contributed by atoms with Gasteiger partial charge in [0.2, 0.25) is 0 Å². The van der Waals surface area contributed by atoms with Gasteiger partial charge in [-0.2, -0.15) is 0 Å². The fourth-order valence-electron chi connectivity index (χ4n) is 1.04. The van der Waals surface area contributed by atoms with Crippen molar-refractivity contribution in [2.24, 2.45) is 0 Å². The van der Waals surface area contributed by atoms with Gasteiger partial charge in [0, 0.05) is 12.2 Å². The Labute approximate surface area is 70.2 Å². The van der Waals surface area contributed by atoms with Gasteiger partial charge in [-0.15, -0.1) is 0 Å². The van der Waals surface area contributed by atoms with E-state index in [1.807, 2.05) is 20.8 Å². The summed E-state index contributed by atoms with van der Waals surface area (Å²) in [7, 11) is 0. The normalized spacial score (nSPS) is 16.4. The van der Waals surface area contributed by atoms with Crippen LogP contribution in [0.5, 0.6) is 0 Å². The topological polar surface area (TPSA) is 12.0 Å². The first-order valence-electron chi connectivity index (χ1n) is 4.41. The fraction of sp³-hybridized carbons (Fsp3) is 0.600. The second kappa shape index (κ2) is 6.02. The molecule has 1 aliphatic heterocycles. The largest absolute Gasteiger partial charge is 0.385 e. The lowest BCUT2D eigenvalue weighted by Crippen LogP contribution is -2.04. The van der Waals surface area contributed by atoms with Gasteiger partial charge in [-0.3, -0.25) is 0 Å². The second-order valence-corrected chi connectivity index (χ2v) is 2.37. The van der Waals surface area contributed by atoms with Crippen molar-refractivity contribution < 1.29 is 0 Å². The van der Waals surface area contributed by atoms with E-state index in [4.69, 9.17) is 0 Å². The van der Waals surface area contributed by atoms with Gasteiger partial charge in [0.25, 0.3) is 0 Å². The summed E-state index contributed by atoms with van der Waals surface area (Å²) in [6, 6.07) is 0. The van der Waals surface area contributed by atoms with Crippen LogP contribution < -0.4 is 5.32 Å². The maximum Gasteiger partial charge on any atom is 0.0326 e. The van der Waals surface area contributed by atoms with Crippen molar-refractivity contribution in [3.8, 4) is 0 Å². The van der Waals surface area contributed by atoms with E-state index in [1.54, 1.807) is 0 Å². The molecule has 0 atom stereocenters. The first kappa shape index (κ1) is 10.3. The van der Waals surface area contributed by atoms with Crippen LogP contribution in [0, 0.1) is 0 Å². The molecule has 0 bridgehead atoms. The van der Waals surface area contributed by atoms with Crippen LogP contribution in [0.3, 0.4) is 0 Å². The number of hydrogen-bond donors (Lipinski definition) is 1. The molecule has 0 aromatic heterocycles. The van der Waals surface area contributed by atoms with Crippen LogP contribution in [0.2, 0.25) is 0 Å². The van der Waals surface area contributed by atoms with Crippen LogP contribution in [0.4, 0.5) is 0 Å². The summed E-state index contributed by atoms with van der Waals surface area (Å²) in [6.07, 6.45) is 5.40. The lowest BCUT2D eigenvalue weighted by atomic mass is 10.2. The predicted molar refractivity (Wildman–Crippen MR) is 51.5 cm³/mol. The van der Waals surface area contributed by atoms with Crippen molar-refractivity contribution in [1.82, 2.24) is 5.32 Å². The van der Waals surface area contributed by atoms with Gasteiger partial charge in [0.05, 0.1) is 0 Å². The third-order valence-electron chi connectivity index (χ3n) is 1.61. The van der Waals surface area contributed by atoms with E-state index in [9.17, 15) is 0 Å². The van der Waals surface area contributed by atoms with E-state index in [0.29, 0.717) is 0 Å². The van der Waals surface area contributed by atoms with Gasteiger partial charge in [-0.1, -0.05) is 19.9 Å². The van der Waals surface area contributed by atoms with Crippen molar-refractivity contribution in [2.45, 2.75) is 34.1 Å². The van der Waals surface area contributed by atoms with Crippen LogP contribution in [-0.4, -0.2) is 6.54 Å². The zero-order valence-electron chi connectivity index (χ0n) is 8.07. The van der Waals surface area contributed by atoms with Crippen LogP contribution in [0.25, 0.3) is 0 Å². The van der Waals surface area contributed by atoms with Gasteiger partial charge < -0.3 is 5.32 Å². The minimum absolute atomic E-state index is 1.12. The van der Waals surface area contributed by atoms with Crippen molar-refractivity contribution in [1.29, 1.82) is 0 Å². The van der Waals surface area contributed by atoms with Crippen molar-refractivity contribution in [3.05, 3.63) is 23.4 Å². The highest BCUT2D eigenvalue weighted by Crippen LogP contribution is 2.12. The minimum atomic E-state index is 1.12. The Bertz CT molecular complexity index is 154. The lowest BCUT2D eigenvalue weighted by Gasteiger charge is -1.94. The van der Waals surface area contributed by atoms with Crippen molar-refractivity contribution in [3.63, 3.8) is 0 Å². The summed E-state index contributed by atoms with van der Waals surface area (Å²) < 4.78 is 0. The van der Waals surface area contributed by atoms with Crippen LogP contribution >= 0.6 is 0 Å². The molecule has 0 radical (unpaired) electrons. The Morgan fingerprint density at radius 1 is 1.36 bits per heavy atom. The summed E-state index contributed by atoms with van der Waals surface area (Å²) in [5.41, 5.74) is 2.80. The summed E-state index contributed by atoms with van der Waals surface area (Å²) in [6.45, 7) is 9.33. The number of allylic oxidation sites excluding steroid dienone is 2. The van der Waals surface area contributed by atoms with E-state index in [-0.39, 0.29) is 0 Å². The lowest BCUT2D eigenvalue weighted by molar-refractivity contribution is 0.886. The van der Waals surface area contributed by atoms with E-state index >= 15 is 0 Å². The van der Waals surface area contributed by atoms with Crippen LogP contribution in [0.15, 0.2) is 23.4 Å². The molecule has 1 aliphatic rings. The third kappa shape index (κ3) is 3.26. The molecule has 0 unspecified atom stereocenters. The maximum atomic E-state index is 3.30. The molecule has 1 heteroatoms. The molecule has 0 aliphatic carbocycles. The Balaban J connectivity index is 0.000000461. The molecule has 0 spiro atoms. The average Bonchev–Trinajstić information content (AvgIpc) is 2.42. The average molecular weight is 153 g/mol. The molecule has 64 valence electrons. The van der Waals surface area contributed by atoms with Crippen LogP contribution in [-0.2, 0) is 0 Å². The molecule has 1 heterocycles. The zero-order valence-corrected chi connectivity index (χ0v) is 8.07. The number of hydrogen-bond acceptors (Lipinski definition) is 1. The quantitative estimate of drug-likeness (QED) is 0.611. The summed E-state index contributed by atoms with van der Waals surface area (Å²) in [5.74, 6) is 0. The van der Waals surface area contributed by atoms with Gasteiger partial charge in [0.15, 0.2) is 0 Å². The Kier molecular flexibility index (Phi) is 5.63. The Morgan fingerprint density at radius 2 is 2.00 bits per heavy atom. The van der Waals surface area contributed by atoms with Gasteiger partial charge in [0.1, 0.15) is 0 Å².